The normalized spacial score (nSPS) is 20.4. The van der Waals surface area contributed by atoms with Gasteiger partial charge in [-0.3, -0.25) is 4.79 Å². The van der Waals surface area contributed by atoms with Gasteiger partial charge >= 0.3 is 5.97 Å². The molecule has 118 valence electrons. The van der Waals surface area contributed by atoms with Gasteiger partial charge in [-0.1, -0.05) is 34.6 Å². The Morgan fingerprint density at radius 1 is 1.20 bits per heavy atom. The van der Waals surface area contributed by atoms with Gasteiger partial charge < -0.3 is 10.0 Å². The zero-order chi connectivity index (χ0) is 15.4. The second-order valence-electron chi connectivity index (χ2n) is 7.70. The molecule has 0 saturated carbocycles. The van der Waals surface area contributed by atoms with E-state index in [9.17, 15) is 4.79 Å². The van der Waals surface area contributed by atoms with E-state index in [1.165, 1.54) is 25.9 Å². The topological polar surface area (TPSA) is 40.5 Å². The molecule has 3 heteroatoms. The molecule has 0 amide bonds. The van der Waals surface area contributed by atoms with Crippen LogP contribution in [0, 0.1) is 16.7 Å². The van der Waals surface area contributed by atoms with Crippen molar-refractivity contribution in [3.63, 3.8) is 0 Å². The van der Waals surface area contributed by atoms with Crippen molar-refractivity contribution >= 4 is 5.97 Å². The first-order valence-corrected chi connectivity index (χ1v) is 8.16. The van der Waals surface area contributed by atoms with E-state index in [0.29, 0.717) is 17.8 Å². The second kappa shape index (κ2) is 6.93. The molecule has 0 bridgehead atoms. The third-order valence-corrected chi connectivity index (χ3v) is 5.34. The molecule has 0 radical (unpaired) electrons. The van der Waals surface area contributed by atoms with Gasteiger partial charge in [-0.15, -0.1) is 0 Å². The summed E-state index contributed by atoms with van der Waals surface area (Å²) >= 11 is 0. The van der Waals surface area contributed by atoms with E-state index in [0.717, 1.165) is 19.4 Å². The van der Waals surface area contributed by atoms with Crippen LogP contribution < -0.4 is 0 Å². The maximum Gasteiger partial charge on any atom is 0.303 e. The molecular weight excluding hydrogens is 250 g/mol. The lowest BCUT2D eigenvalue weighted by Crippen LogP contribution is -2.56. The molecule has 1 atom stereocenters. The van der Waals surface area contributed by atoms with Gasteiger partial charge in [-0.25, -0.2) is 0 Å². The molecule has 1 rings (SSSR count). The Morgan fingerprint density at radius 3 is 2.15 bits per heavy atom. The smallest absolute Gasteiger partial charge is 0.303 e. The van der Waals surface area contributed by atoms with Crippen LogP contribution in [0.1, 0.15) is 66.7 Å². The minimum absolute atomic E-state index is 0.201. The quantitative estimate of drug-likeness (QED) is 0.731. The Kier molecular flexibility index (Phi) is 6.06. The van der Waals surface area contributed by atoms with E-state index in [2.05, 4.69) is 39.5 Å². The van der Waals surface area contributed by atoms with Crippen molar-refractivity contribution in [1.82, 2.24) is 4.90 Å². The molecule has 1 aliphatic rings. The first-order valence-electron chi connectivity index (χ1n) is 8.16. The van der Waals surface area contributed by atoms with Gasteiger partial charge in [0.2, 0.25) is 0 Å². The average Bonchev–Trinajstić information content (AvgIpc) is 2.29. The summed E-state index contributed by atoms with van der Waals surface area (Å²) in [4.78, 5) is 13.3. The Labute approximate surface area is 124 Å². The van der Waals surface area contributed by atoms with Crippen LogP contribution in [-0.4, -0.2) is 35.6 Å². The van der Waals surface area contributed by atoms with Gasteiger partial charge in [-0.05, 0) is 49.0 Å². The predicted molar refractivity (Wildman–Crippen MR) is 83.9 cm³/mol. The van der Waals surface area contributed by atoms with Crippen LogP contribution in [0.25, 0.3) is 0 Å². The standard InChI is InChI=1S/C17H33NO2/c1-6-17(7-2)12-18(13-17)11-10-14(16(3,4)5)8-9-15(19)20/h14H,6-13H2,1-5H3,(H,19,20). The molecule has 1 unspecified atom stereocenters. The van der Waals surface area contributed by atoms with Crippen LogP contribution in [0.15, 0.2) is 0 Å². The fraction of sp³-hybridized carbons (Fsp3) is 0.941. The Bertz CT molecular complexity index is 307. The van der Waals surface area contributed by atoms with Crippen LogP contribution >= 0.6 is 0 Å². The van der Waals surface area contributed by atoms with E-state index in [-0.39, 0.29) is 5.41 Å². The number of hydrogen-bond acceptors (Lipinski definition) is 2. The molecule has 0 aromatic carbocycles. The summed E-state index contributed by atoms with van der Waals surface area (Å²) in [6, 6.07) is 0. The number of carboxylic acids is 1. The molecular formula is C17H33NO2. The number of hydrogen-bond donors (Lipinski definition) is 1. The Balaban J connectivity index is 2.39. The molecule has 0 aliphatic carbocycles. The zero-order valence-corrected chi connectivity index (χ0v) is 14.0. The number of aliphatic carboxylic acids is 1. The van der Waals surface area contributed by atoms with Crippen LogP contribution in [-0.2, 0) is 4.79 Å². The summed E-state index contributed by atoms with van der Waals surface area (Å²) in [7, 11) is 0. The first-order chi connectivity index (χ1) is 9.22. The summed E-state index contributed by atoms with van der Waals surface area (Å²) in [6.45, 7) is 14.9. The summed E-state index contributed by atoms with van der Waals surface area (Å²) in [5, 5.41) is 8.88. The van der Waals surface area contributed by atoms with Crippen LogP contribution in [0.2, 0.25) is 0 Å². The lowest BCUT2D eigenvalue weighted by Gasteiger charge is -2.50. The minimum Gasteiger partial charge on any atom is -0.481 e. The summed E-state index contributed by atoms with van der Waals surface area (Å²) in [6.07, 6.45) is 4.79. The average molecular weight is 283 g/mol. The van der Waals surface area contributed by atoms with Gasteiger partial charge in [0.15, 0.2) is 0 Å². The fourth-order valence-electron chi connectivity index (χ4n) is 3.40. The zero-order valence-electron chi connectivity index (χ0n) is 14.0. The van der Waals surface area contributed by atoms with Crippen molar-refractivity contribution in [3.8, 4) is 0 Å². The third-order valence-electron chi connectivity index (χ3n) is 5.34. The van der Waals surface area contributed by atoms with Crippen molar-refractivity contribution in [2.45, 2.75) is 66.7 Å². The number of likely N-dealkylation sites (tertiary alicyclic amines) is 1. The highest BCUT2D eigenvalue weighted by Crippen LogP contribution is 2.38. The highest BCUT2D eigenvalue weighted by Gasteiger charge is 2.39. The van der Waals surface area contributed by atoms with Gasteiger partial charge in [-0.2, -0.15) is 0 Å². The summed E-state index contributed by atoms with van der Waals surface area (Å²) < 4.78 is 0. The van der Waals surface area contributed by atoms with E-state index < -0.39 is 5.97 Å². The molecule has 20 heavy (non-hydrogen) atoms. The SMILES string of the molecule is CCC1(CC)CN(CCC(CCC(=O)O)C(C)(C)C)C1. The molecule has 1 saturated heterocycles. The lowest BCUT2D eigenvalue weighted by atomic mass is 9.73. The lowest BCUT2D eigenvalue weighted by molar-refractivity contribution is -0.137. The van der Waals surface area contributed by atoms with Crippen LogP contribution in [0.5, 0.6) is 0 Å². The van der Waals surface area contributed by atoms with Crippen LogP contribution in [0.3, 0.4) is 0 Å². The maximum atomic E-state index is 10.8. The van der Waals surface area contributed by atoms with E-state index in [4.69, 9.17) is 5.11 Å². The molecule has 1 fully saturated rings. The number of rotatable bonds is 8. The Morgan fingerprint density at radius 2 is 1.75 bits per heavy atom. The fourth-order valence-corrected chi connectivity index (χ4v) is 3.40. The third kappa shape index (κ3) is 4.76. The van der Waals surface area contributed by atoms with Crippen LogP contribution in [0.4, 0.5) is 0 Å². The second-order valence-corrected chi connectivity index (χ2v) is 7.70. The highest BCUT2D eigenvalue weighted by molar-refractivity contribution is 5.66. The van der Waals surface area contributed by atoms with E-state index in [1.807, 2.05) is 0 Å². The minimum atomic E-state index is -0.667. The van der Waals surface area contributed by atoms with Gasteiger partial charge in [0, 0.05) is 19.5 Å². The molecule has 3 nitrogen and oxygen atoms in total. The molecule has 1 heterocycles. The van der Waals surface area contributed by atoms with Gasteiger partial charge in [0.25, 0.3) is 0 Å². The monoisotopic (exact) mass is 283 g/mol. The molecule has 0 aromatic heterocycles. The predicted octanol–water partition coefficient (Wildman–Crippen LogP) is 4.03. The molecule has 0 spiro atoms. The molecule has 1 aliphatic heterocycles. The van der Waals surface area contributed by atoms with Crippen molar-refractivity contribution in [2.75, 3.05) is 19.6 Å². The van der Waals surface area contributed by atoms with Crippen molar-refractivity contribution in [2.24, 2.45) is 16.7 Å². The highest BCUT2D eigenvalue weighted by atomic mass is 16.4. The van der Waals surface area contributed by atoms with E-state index >= 15 is 0 Å². The first kappa shape index (κ1) is 17.5. The summed E-state index contributed by atoms with van der Waals surface area (Å²) in [5.41, 5.74) is 0.769. The number of carboxylic acid groups (broad SMARTS) is 1. The van der Waals surface area contributed by atoms with E-state index in [1.54, 1.807) is 0 Å². The number of nitrogens with zero attached hydrogens (tertiary/aromatic N) is 1. The van der Waals surface area contributed by atoms with Gasteiger partial charge in [0.05, 0.1) is 0 Å². The van der Waals surface area contributed by atoms with Crippen molar-refractivity contribution in [1.29, 1.82) is 0 Å². The largest absolute Gasteiger partial charge is 0.481 e. The maximum absolute atomic E-state index is 10.8. The van der Waals surface area contributed by atoms with Crippen molar-refractivity contribution < 1.29 is 9.90 Å². The number of carbonyl (C=O) groups is 1. The Hall–Kier alpha value is -0.570. The molecule has 1 N–H and O–H groups in total. The van der Waals surface area contributed by atoms with Gasteiger partial charge in [0.1, 0.15) is 0 Å². The van der Waals surface area contributed by atoms with Crippen molar-refractivity contribution in [3.05, 3.63) is 0 Å². The molecule has 0 aromatic rings. The summed E-state index contributed by atoms with van der Waals surface area (Å²) in [5.74, 6) is -0.170.